The van der Waals surface area contributed by atoms with Gasteiger partial charge in [0.25, 0.3) is 0 Å². The summed E-state index contributed by atoms with van der Waals surface area (Å²) in [4.78, 5) is 16.8. The number of nitrogens with zero attached hydrogens (tertiary/aromatic N) is 2. The zero-order valence-electron chi connectivity index (χ0n) is 16.3. The van der Waals surface area contributed by atoms with Gasteiger partial charge in [-0.25, -0.2) is 4.98 Å². The van der Waals surface area contributed by atoms with Gasteiger partial charge >= 0.3 is 5.97 Å². The standard InChI is InChI=1S/C21H24N2O4S/c1-15(2)27-20(24)14-23-19-7-5-4-6-18(19)22-21(23)28-13-12-26-17-10-8-16(25-3)9-11-17/h4-11,15H,12-14H2,1-3H3. The minimum Gasteiger partial charge on any atom is -0.497 e. The van der Waals surface area contributed by atoms with Crippen LogP contribution < -0.4 is 9.47 Å². The maximum Gasteiger partial charge on any atom is 0.326 e. The van der Waals surface area contributed by atoms with E-state index in [0.717, 1.165) is 27.7 Å². The van der Waals surface area contributed by atoms with Gasteiger partial charge in [-0.15, -0.1) is 0 Å². The molecule has 2 aromatic carbocycles. The molecule has 0 unspecified atom stereocenters. The molecular weight excluding hydrogens is 376 g/mol. The molecule has 1 aromatic heterocycles. The molecule has 0 N–H and O–H groups in total. The first-order valence-corrected chi connectivity index (χ1v) is 10.1. The first-order valence-electron chi connectivity index (χ1n) is 9.11. The molecule has 0 saturated heterocycles. The molecule has 3 rings (SSSR count). The van der Waals surface area contributed by atoms with Crippen LogP contribution in [-0.2, 0) is 16.1 Å². The van der Waals surface area contributed by atoms with Crippen LogP contribution in [0.5, 0.6) is 11.5 Å². The lowest BCUT2D eigenvalue weighted by atomic mass is 10.3. The molecule has 0 saturated carbocycles. The Morgan fingerprint density at radius 1 is 1.11 bits per heavy atom. The molecule has 0 atom stereocenters. The molecule has 28 heavy (non-hydrogen) atoms. The lowest BCUT2D eigenvalue weighted by molar-refractivity contribution is -0.148. The zero-order valence-corrected chi connectivity index (χ0v) is 17.1. The molecule has 0 aliphatic heterocycles. The molecule has 1 heterocycles. The number of carbonyl (C=O) groups is 1. The van der Waals surface area contributed by atoms with Gasteiger partial charge in [0, 0.05) is 5.75 Å². The minimum absolute atomic E-state index is 0.139. The molecule has 7 heteroatoms. The summed E-state index contributed by atoms with van der Waals surface area (Å²) in [6.07, 6.45) is -0.142. The number of carbonyl (C=O) groups excluding carboxylic acids is 1. The van der Waals surface area contributed by atoms with Gasteiger partial charge in [0.15, 0.2) is 5.16 Å². The van der Waals surface area contributed by atoms with Gasteiger partial charge in [0.1, 0.15) is 18.0 Å². The number of fused-ring (bicyclic) bond motifs is 1. The van der Waals surface area contributed by atoms with Crippen molar-refractivity contribution in [2.75, 3.05) is 19.5 Å². The summed E-state index contributed by atoms with van der Waals surface area (Å²) in [6.45, 7) is 4.35. The first-order chi connectivity index (χ1) is 13.6. The van der Waals surface area contributed by atoms with E-state index < -0.39 is 0 Å². The van der Waals surface area contributed by atoms with Crippen LogP contribution in [0.1, 0.15) is 13.8 Å². The SMILES string of the molecule is COc1ccc(OCCSc2nc3ccccc3n2CC(=O)OC(C)C)cc1. The van der Waals surface area contributed by atoms with E-state index in [1.165, 1.54) is 0 Å². The van der Waals surface area contributed by atoms with Crippen LogP contribution >= 0.6 is 11.8 Å². The number of aromatic nitrogens is 2. The molecule has 0 spiro atoms. The Morgan fingerprint density at radius 2 is 1.82 bits per heavy atom. The number of ether oxygens (including phenoxy) is 3. The van der Waals surface area contributed by atoms with Gasteiger partial charge in [-0.3, -0.25) is 4.79 Å². The third-order valence-corrected chi connectivity index (χ3v) is 4.86. The Labute approximate surface area is 168 Å². The Kier molecular flexibility index (Phi) is 6.81. The van der Waals surface area contributed by atoms with Crippen molar-refractivity contribution < 1.29 is 19.0 Å². The van der Waals surface area contributed by atoms with Crippen molar-refractivity contribution in [3.05, 3.63) is 48.5 Å². The number of para-hydroxylation sites is 2. The van der Waals surface area contributed by atoms with E-state index in [1.54, 1.807) is 18.9 Å². The monoisotopic (exact) mass is 400 g/mol. The Hall–Kier alpha value is -2.67. The van der Waals surface area contributed by atoms with E-state index >= 15 is 0 Å². The van der Waals surface area contributed by atoms with Gasteiger partial charge in [0.2, 0.25) is 0 Å². The average molecular weight is 401 g/mol. The maximum atomic E-state index is 12.2. The van der Waals surface area contributed by atoms with Crippen molar-refractivity contribution in [3.63, 3.8) is 0 Å². The van der Waals surface area contributed by atoms with Crippen molar-refractivity contribution in [3.8, 4) is 11.5 Å². The minimum atomic E-state index is -0.269. The van der Waals surface area contributed by atoms with Crippen molar-refractivity contribution in [2.24, 2.45) is 0 Å². The molecule has 0 aliphatic rings. The second-order valence-corrected chi connectivity index (χ2v) is 7.44. The summed E-state index contributed by atoms with van der Waals surface area (Å²) < 4.78 is 18.1. The Bertz CT molecular complexity index is 922. The highest BCUT2D eigenvalue weighted by molar-refractivity contribution is 7.99. The van der Waals surface area contributed by atoms with Gasteiger partial charge in [-0.05, 0) is 50.2 Å². The van der Waals surface area contributed by atoms with Gasteiger partial charge in [-0.2, -0.15) is 0 Å². The highest BCUT2D eigenvalue weighted by atomic mass is 32.2. The number of esters is 1. The van der Waals surface area contributed by atoms with Crippen LogP contribution in [0.15, 0.2) is 53.7 Å². The van der Waals surface area contributed by atoms with E-state index in [2.05, 4.69) is 4.98 Å². The fraction of sp³-hybridized carbons (Fsp3) is 0.333. The summed E-state index contributed by atoms with van der Waals surface area (Å²) in [5, 5.41) is 0.778. The molecular formula is C21H24N2O4S. The highest BCUT2D eigenvalue weighted by Crippen LogP contribution is 2.24. The predicted molar refractivity (Wildman–Crippen MR) is 110 cm³/mol. The second kappa shape index (κ2) is 9.50. The van der Waals surface area contributed by atoms with Crippen LogP contribution in [0, 0.1) is 0 Å². The third kappa shape index (κ3) is 5.19. The Morgan fingerprint density at radius 3 is 2.54 bits per heavy atom. The lowest BCUT2D eigenvalue weighted by Gasteiger charge is -2.11. The van der Waals surface area contributed by atoms with Crippen LogP contribution in [0.2, 0.25) is 0 Å². The number of hydrogen-bond acceptors (Lipinski definition) is 6. The van der Waals surface area contributed by atoms with Crippen LogP contribution in [-0.4, -0.2) is 41.1 Å². The number of imidazole rings is 1. The lowest BCUT2D eigenvalue weighted by Crippen LogP contribution is -2.18. The van der Waals surface area contributed by atoms with Crippen LogP contribution in [0.3, 0.4) is 0 Å². The number of rotatable bonds is 9. The molecule has 0 radical (unpaired) electrons. The maximum absolute atomic E-state index is 12.2. The molecule has 148 valence electrons. The molecule has 0 aliphatic carbocycles. The van der Waals surface area contributed by atoms with E-state index in [0.29, 0.717) is 12.4 Å². The average Bonchev–Trinajstić information content (AvgIpc) is 3.02. The van der Waals surface area contributed by atoms with Crippen molar-refractivity contribution in [1.82, 2.24) is 9.55 Å². The van der Waals surface area contributed by atoms with Gasteiger partial charge in [-0.1, -0.05) is 23.9 Å². The predicted octanol–water partition coefficient (Wildman–Crippen LogP) is 4.17. The number of hydrogen-bond donors (Lipinski definition) is 0. The van der Waals surface area contributed by atoms with Crippen molar-refractivity contribution in [2.45, 2.75) is 31.7 Å². The quantitative estimate of drug-likeness (QED) is 0.305. The summed E-state index contributed by atoms with van der Waals surface area (Å²) in [5.41, 5.74) is 1.78. The number of methoxy groups -OCH3 is 1. The fourth-order valence-corrected chi connectivity index (χ4v) is 3.54. The summed E-state index contributed by atoms with van der Waals surface area (Å²) in [7, 11) is 1.63. The first kappa shape index (κ1) is 20.1. The summed E-state index contributed by atoms with van der Waals surface area (Å²) in [6, 6.07) is 15.3. The van der Waals surface area contributed by atoms with Gasteiger partial charge in [0.05, 0.1) is 30.9 Å². The van der Waals surface area contributed by atoms with Crippen molar-refractivity contribution in [1.29, 1.82) is 0 Å². The number of thioether (sulfide) groups is 1. The summed E-state index contributed by atoms with van der Waals surface area (Å²) in [5.74, 6) is 2.02. The molecule has 0 fully saturated rings. The fourth-order valence-electron chi connectivity index (χ4n) is 2.71. The third-order valence-electron chi connectivity index (χ3n) is 3.92. The Balaban J connectivity index is 1.64. The topological polar surface area (TPSA) is 62.6 Å². The van der Waals surface area contributed by atoms with Gasteiger partial charge < -0.3 is 18.8 Å². The van der Waals surface area contributed by atoms with E-state index in [1.807, 2.05) is 66.9 Å². The highest BCUT2D eigenvalue weighted by Gasteiger charge is 2.15. The molecule has 0 bridgehead atoms. The second-order valence-electron chi connectivity index (χ2n) is 6.38. The number of benzene rings is 2. The van der Waals surface area contributed by atoms with E-state index in [-0.39, 0.29) is 18.6 Å². The molecule has 3 aromatic rings. The summed E-state index contributed by atoms with van der Waals surface area (Å²) >= 11 is 1.55. The molecule has 6 nitrogen and oxygen atoms in total. The smallest absolute Gasteiger partial charge is 0.326 e. The normalized spacial score (nSPS) is 11.0. The van der Waals surface area contributed by atoms with Crippen molar-refractivity contribution >= 4 is 28.8 Å². The van der Waals surface area contributed by atoms with E-state index in [9.17, 15) is 4.79 Å². The van der Waals surface area contributed by atoms with Crippen LogP contribution in [0.4, 0.5) is 0 Å². The van der Waals surface area contributed by atoms with E-state index in [4.69, 9.17) is 14.2 Å². The zero-order chi connectivity index (χ0) is 19.9. The largest absolute Gasteiger partial charge is 0.497 e. The van der Waals surface area contributed by atoms with Crippen LogP contribution in [0.25, 0.3) is 11.0 Å². The molecule has 0 amide bonds.